The van der Waals surface area contributed by atoms with E-state index < -0.39 is 18.0 Å². The fourth-order valence-corrected chi connectivity index (χ4v) is 4.13. The molecule has 0 fully saturated rings. The molecule has 2 amide bonds. The summed E-state index contributed by atoms with van der Waals surface area (Å²) < 4.78 is 0. The fourth-order valence-electron chi connectivity index (χ4n) is 4.13. The van der Waals surface area contributed by atoms with Crippen LogP contribution in [0.25, 0.3) is 11.0 Å². The molecule has 2 atom stereocenters. The van der Waals surface area contributed by atoms with Crippen LogP contribution in [0, 0.1) is 0 Å². The number of hydrogen-bond acceptors (Lipinski definition) is 5. The average molecular weight is 453 g/mol. The molecule has 1 aliphatic heterocycles. The molecule has 1 aliphatic rings. The molecular weight excluding hydrogens is 428 g/mol. The van der Waals surface area contributed by atoms with Crippen molar-refractivity contribution in [3.05, 3.63) is 96.3 Å². The molecule has 0 radical (unpaired) electrons. The van der Waals surface area contributed by atoms with E-state index in [1.165, 1.54) is 5.01 Å². The van der Waals surface area contributed by atoms with E-state index in [0.29, 0.717) is 17.9 Å². The van der Waals surface area contributed by atoms with Gasteiger partial charge in [-0.25, -0.2) is 4.98 Å². The van der Waals surface area contributed by atoms with Crippen LogP contribution in [0.3, 0.4) is 0 Å². The minimum atomic E-state index is -0.720. The molecule has 0 spiro atoms. The Labute approximate surface area is 196 Å². The first-order valence-electron chi connectivity index (χ1n) is 11.1. The van der Waals surface area contributed by atoms with E-state index in [1.54, 1.807) is 0 Å². The molecule has 4 aromatic rings. The van der Waals surface area contributed by atoms with E-state index in [4.69, 9.17) is 10.7 Å². The summed E-state index contributed by atoms with van der Waals surface area (Å²) in [6.45, 7) is 0. The number of nitrogens with zero attached hydrogens (tertiary/aromatic N) is 3. The zero-order chi connectivity index (χ0) is 23.5. The SMILES string of the molecule is NC(=O)C1CC(C(=O)NC(Cc2ccccc2)c2nc3ccccc3[nH]2)=NN1c1ccccc1. The molecule has 0 saturated carbocycles. The van der Waals surface area contributed by atoms with E-state index >= 15 is 0 Å². The number of rotatable bonds is 7. The number of benzene rings is 3. The van der Waals surface area contributed by atoms with E-state index in [0.717, 1.165) is 16.6 Å². The summed E-state index contributed by atoms with van der Waals surface area (Å²) in [5.41, 5.74) is 9.36. The van der Waals surface area contributed by atoms with Crippen molar-refractivity contribution in [3.63, 3.8) is 0 Å². The van der Waals surface area contributed by atoms with E-state index in [2.05, 4.69) is 15.4 Å². The maximum atomic E-state index is 13.3. The highest BCUT2D eigenvalue weighted by Gasteiger charge is 2.35. The van der Waals surface area contributed by atoms with Crippen molar-refractivity contribution in [1.82, 2.24) is 15.3 Å². The number of aromatic nitrogens is 2. The number of carbonyl (C=O) groups is 2. The average Bonchev–Trinajstić information content (AvgIpc) is 3.50. The molecule has 8 heteroatoms. The van der Waals surface area contributed by atoms with Crippen LogP contribution in [0.4, 0.5) is 5.69 Å². The minimum absolute atomic E-state index is 0.133. The maximum Gasteiger partial charge on any atom is 0.268 e. The van der Waals surface area contributed by atoms with Crippen LogP contribution < -0.4 is 16.1 Å². The first-order chi connectivity index (χ1) is 16.6. The molecule has 4 N–H and O–H groups in total. The third-order valence-electron chi connectivity index (χ3n) is 5.85. The smallest absolute Gasteiger partial charge is 0.268 e. The van der Waals surface area contributed by atoms with Gasteiger partial charge in [-0.3, -0.25) is 14.6 Å². The summed E-state index contributed by atoms with van der Waals surface area (Å²) >= 11 is 0. The quantitative estimate of drug-likeness (QED) is 0.399. The lowest BCUT2D eigenvalue weighted by atomic mass is 10.0. The molecule has 5 rings (SSSR count). The van der Waals surface area contributed by atoms with Gasteiger partial charge in [-0.1, -0.05) is 60.7 Å². The van der Waals surface area contributed by atoms with Crippen LogP contribution in [-0.4, -0.2) is 33.5 Å². The van der Waals surface area contributed by atoms with Crippen LogP contribution in [-0.2, 0) is 16.0 Å². The Kier molecular flexibility index (Phi) is 5.78. The first kappa shape index (κ1) is 21.4. The highest BCUT2D eigenvalue weighted by atomic mass is 16.2. The van der Waals surface area contributed by atoms with Crippen molar-refractivity contribution < 1.29 is 9.59 Å². The lowest BCUT2D eigenvalue weighted by Gasteiger charge is -2.20. The van der Waals surface area contributed by atoms with Gasteiger partial charge in [0.05, 0.1) is 22.8 Å². The van der Waals surface area contributed by atoms with Crippen LogP contribution >= 0.6 is 0 Å². The monoisotopic (exact) mass is 452 g/mol. The minimum Gasteiger partial charge on any atom is -0.368 e. The number of nitrogens with one attached hydrogen (secondary N) is 2. The molecule has 0 bridgehead atoms. The van der Waals surface area contributed by atoms with Crippen molar-refractivity contribution in [2.45, 2.75) is 24.9 Å². The van der Waals surface area contributed by atoms with Gasteiger partial charge in [0.1, 0.15) is 17.6 Å². The summed E-state index contributed by atoms with van der Waals surface area (Å²) in [5, 5.41) is 9.06. The largest absolute Gasteiger partial charge is 0.368 e. The number of amides is 2. The fraction of sp³-hybridized carbons (Fsp3) is 0.154. The van der Waals surface area contributed by atoms with Crippen LogP contribution in [0.2, 0.25) is 0 Å². The number of imidazole rings is 1. The number of hydrazone groups is 1. The van der Waals surface area contributed by atoms with E-state index in [-0.39, 0.29) is 18.0 Å². The van der Waals surface area contributed by atoms with Gasteiger partial charge in [-0.2, -0.15) is 5.10 Å². The molecule has 1 aromatic heterocycles. The Bertz CT molecular complexity index is 1320. The Morgan fingerprint density at radius 2 is 1.68 bits per heavy atom. The third-order valence-corrected chi connectivity index (χ3v) is 5.85. The number of fused-ring (bicyclic) bond motifs is 1. The van der Waals surface area contributed by atoms with Gasteiger partial charge < -0.3 is 16.0 Å². The van der Waals surface area contributed by atoms with Gasteiger partial charge >= 0.3 is 0 Å². The number of aromatic amines is 1. The number of H-pyrrole nitrogens is 1. The predicted molar refractivity (Wildman–Crippen MR) is 131 cm³/mol. The number of para-hydroxylation sites is 3. The Hall–Kier alpha value is -4.46. The summed E-state index contributed by atoms with van der Waals surface area (Å²) in [7, 11) is 0. The van der Waals surface area contributed by atoms with Gasteiger partial charge in [0, 0.05) is 6.42 Å². The van der Waals surface area contributed by atoms with Crippen LogP contribution in [0.15, 0.2) is 90.0 Å². The van der Waals surface area contributed by atoms with Gasteiger partial charge in [0.2, 0.25) is 5.91 Å². The highest BCUT2D eigenvalue weighted by Crippen LogP contribution is 2.25. The zero-order valence-corrected chi connectivity index (χ0v) is 18.4. The van der Waals surface area contributed by atoms with Gasteiger partial charge in [-0.15, -0.1) is 0 Å². The molecule has 34 heavy (non-hydrogen) atoms. The van der Waals surface area contributed by atoms with Crippen molar-refractivity contribution in [3.8, 4) is 0 Å². The number of carbonyl (C=O) groups excluding carboxylic acids is 2. The molecule has 0 saturated heterocycles. The van der Waals surface area contributed by atoms with Gasteiger partial charge in [-0.05, 0) is 36.2 Å². The Morgan fingerprint density at radius 3 is 2.38 bits per heavy atom. The number of nitrogens with two attached hydrogens (primary N) is 1. The van der Waals surface area contributed by atoms with Crippen LogP contribution in [0.1, 0.15) is 23.9 Å². The normalized spacial score (nSPS) is 16.3. The van der Waals surface area contributed by atoms with Crippen molar-refractivity contribution in [2.24, 2.45) is 10.8 Å². The molecule has 8 nitrogen and oxygen atoms in total. The molecule has 0 aliphatic carbocycles. The topological polar surface area (TPSA) is 116 Å². The summed E-state index contributed by atoms with van der Waals surface area (Å²) in [6, 6.07) is 25.7. The maximum absolute atomic E-state index is 13.3. The van der Waals surface area contributed by atoms with E-state index in [1.807, 2.05) is 84.9 Å². The van der Waals surface area contributed by atoms with Crippen molar-refractivity contribution in [1.29, 1.82) is 0 Å². The Morgan fingerprint density at radius 1 is 1.00 bits per heavy atom. The van der Waals surface area contributed by atoms with Gasteiger partial charge in [0.25, 0.3) is 5.91 Å². The molecule has 2 heterocycles. The second-order valence-electron chi connectivity index (χ2n) is 8.20. The lowest BCUT2D eigenvalue weighted by molar-refractivity contribution is -0.119. The Balaban J connectivity index is 1.43. The number of primary amides is 1. The summed E-state index contributed by atoms with van der Waals surface area (Å²) in [4.78, 5) is 33.4. The summed E-state index contributed by atoms with van der Waals surface area (Å²) in [5.74, 6) is -0.233. The zero-order valence-electron chi connectivity index (χ0n) is 18.4. The molecule has 2 unspecified atom stereocenters. The molecule has 170 valence electrons. The number of hydrogen-bond donors (Lipinski definition) is 3. The second kappa shape index (κ2) is 9.19. The molecule has 3 aromatic carbocycles. The van der Waals surface area contributed by atoms with E-state index in [9.17, 15) is 9.59 Å². The highest BCUT2D eigenvalue weighted by molar-refractivity contribution is 6.40. The summed E-state index contributed by atoms with van der Waals surface area (Å²) in [6.07, 6.45) is 0.676. The number of anilines is 1. The third kappa shape index (κ3) is 4.38. The lowest BCUT2D eigenvalue weighted by Crippen LogP contribution is -2.40. The second-order valence-corrected chi connectivity index (χ2v) is 8.20. The van der Waals surface area contributed by atoms with Crippen molar-refractivity contribution in [2.75, 3.05) is 5.01 Å². The van der Waals surface area contributed by atoms with Gasteiger partial charge in [0.15, 0.2) is 0 Å². The molecular formula is C26H24N6O2. The van der Waals surface area contributed by atoms with Crippen molar-refractivity contribution >= 4 is 34.2 Å². The van der Waals surface area contributed by atoms with Crippen LogP contribution in [0.5, 0.6) is 0 Å². The predicted octanol–water partition coefficient (Wildman–Crippen LogP) is 3.08. The standard InChI is InChI=1S/C26H24N6O2/c27-24(33)23-16-22(31-32(23)18-11-5-2-6-12-18)26(34)30-21(15-17-9-3-1-4-10-17)25-28-19-13-7-8-14-20(19)29-25/h1-14,21,23H,15-16H2,(H2,27,33)(H,28,29)(H,30,34). The first-order valence-corrected chi connectivity index (χ1v) is 11.1.